The molecule has 0 saturated heterocycles. The van der Waals surface area contributed by atoms with Crippen molar-refractivity contribution in [3.8, 4) is 17.6 Å². The van der Waals surface area contributed by atoms with Crippen LogP contribution in [-0.4, -0.2) is 19.6 Å². The molecule has 0 heterocycles. The number of carbonyl (C=O) groups is 1. The molecular weight excluding hydrogens is 328 g/mol. The molecule has 0 bridgehead atoms. The van der Waals surface area contributed by atoms with Crippen molar-refractivity contribution in [2.24, 2.45) is 0 Å². The standard InChI is InChI=1S/C21H20N2O3/c1-3-11-23-21(24)18(14-22)12-17-9-10-19(25-2)20(13-17)26-15-16-7-5-4-6-8-16/h3-10,12-13H,1,11,15H2,2H3,(H,23,24)/b18-12-. The van der Waals surface area contributed by atoms with Gasteiger partial charge in [0.05, 0.1) is 7.11 Å². The van der Waals surface area contributed by atoms with Gasteiger partial charge in [-0.25, -0.2) is 0 Å². The molecule has 5 nitrogen and oxygen atoms in total. The first-order valence-corrected chi connectivity index (χ1v) is 8.03. The number of hydrogen-bond donors (Lipinski definition) is 1. The minimum atomic E-state index is -0.449. The van der Waals surface area contributed by atoms with Crippen molar-refractivity contribution in [2.75, 3.05) is 13.7 Å². The molecule has 0 spiro atoms. The smallest absolute Gasteiger partial charge is 0.262 e. The van der Waals surface area contributed by atoms with Gasteiger partial charge in [-0.05, 0) is 29.3 Å². The molecule has 0 radical (unpaired) electrons. The van der Waals surface area contributed by atoms with Gasteiger partial charge in [0.25, 0.3) is 5.91 Å². The quantitative estimate of drug-likeness (QED) is 0.450. The van der Waals surface area contributed by atoms with E-state index in [1.165, 1.54) is 6.08 Å². The van der Waals surface area contributed by atoms with E-state index in [2.05, 4.69) is 11.9 Å². The molecule has 2 aromatic carbocycles. The maximum absolute atomic E-state index is 12.0. The summed E-state index contributed by atoms with van der Waals surface area (Å²) in [6.45, 7) is 4.21. The van der Waals surface area contributed by atoms with Crippen molar-refractivity contribution in [1.29, 1.82) is 5.26 Å². The highest BCUT2D eigenvalue weighted by Gasteiger charge is 2.10. The Balaban J connectivity index is 2.22. The van der Waals surface area contributed by atoms with E-state index in [-0.39, 0.29) is 5.57 Å². The van der Waals surface area contributed by atoms with E-state index >= 15 is 0 Å². The van der Waals surface area contributed by atoms with Gasteiger partial charge in [0.1, 0.15) is 18.2 Å². The van der Waals surface area contributed by atoms with Crippen LogP contribution in [-0.2, 0) is 11.4 Å². The third-order valence-corrected chi connectivity index (χ3v) is 3.51. The number of ether oxygens (including phenoxy) is 2. The van der Waals surface area contributed by atoms with E-state index in [0.29, 0.717) is 30.2 Å². The summed E-state index contributed by atoms with van der Waals surface area (Å²) in [5, 5.41) is 11.8. The van der Waals surface area contributed by atoms with Crippen molar-refractivity contribution < 1.29 is 14.3 Å². The van der Waals surface area contributed by atoms with Crippen LogP contribution in [0.1, 0.15) is 11.1 Å². The molecule has 0 aliphatic carbocycles. The Morgan fingerprint density at radius 2 is 2.00 bits per heavy atom. The Hall–Kier alpha value is -3.52. The third kappa shape index (κ3) is 5.25. The zero-order valence-electron chi connectivity index (χ0n) is 14.6. The van der Waals surface area contributed by atoms with Crippen molar-refractivity contribution >= 4 is 12.0 Å². The second kappa shape index (κ2) is 9.70. The van der Waals surface area contributed by atoms with Gasteiger partial charge in [0.15, 0.2) is 11.5 Å². The third-order valence-electron chi connectivity index (χ3n) is 3.51. The first-order valence-electron chi connectivity index (χ1n) is 8.03. The largest absolute Gasteiger partial charge is 0.493 e. The maximum atomic E-state index is 12.0. The monoisotopic (exact) mass is 348 g/mol. The highest BCUT2D eigenvalue weighted by molar-refractivity contribution is 6.01. The van der Waals surface area contributed by atoms with E-state index in [9.17, 15) is 10.1 Å². The lowest BCUT2D eigenvalue weighted by Crippen LogP contribution is -2.24. The Morgan fingerprint density at radius 3 is 2.65 bits per heavy atom. The summed E-state index contributed by atoms with van der Waals surface area (Å²) in [5.41, 5.74) is 1.70. The summed E-state index contributed by atoms with van der Waals surface area (Å²) in [6.07, 6.45) is 3.06. The Bertz CT molecular complexity index is 836. The van der Waals surface area contributed by atoms with Crippen LogP contribution in [0.15, 0.2) is 66.8 Å². The van der Waals surface area contributed by atoms with Crippen molar-refractivity contribution in [3.05, 3.63) is 77.9 Å². The number of hydrogen-bond acceptors (Lipinski definition) is 4. The van der Waals surface area contributed by atoms with E-state index in [1.807, 2.05) is 36.4 Å². The highest BCUT2D eigenvalue weighted by Crippen LogP contribution is 2.29. The fourth-order valence-electron chi connectivity index (χ4n) is 2.21. The van der Waals surface area contributed by atoms with Crippen LogP contribution in [0, 0.1) is 11.3 Å². The molecule has 1 amide bonds. The topological polar surface area (TPSA) is 71.4 Å². The van der Waals surface area contributed by atoms with Gasteiger partial charge in [-0.15, -0.1) is 6.58 Å². The number of nitrogens with one attached hydrogen (secondary N) is 1. The van der Waals surface area contributed by atoms with E-state index < -0.39 is 5.91 Å². The van der Waals surface area contributed by atoms with Gasteiger partial charge >= 0.3 is 0 Å². The molecule has 0 aromatic heterocycles. The molecule has 0 fully saturated rings. The summed E-state index contributed by atoms with van der Waals surface area (Å²) in [6, 6.07) is 16.9. The lowest BCUT2D eigenvalue weighted by Gasteiger charge is -2.11. The number of rotatable bonds is 8. The molecular formula is C21H20N2O3. The molecule has 2 rings (SSSR count). The van der Waals surface area contributed by atoms with Crippen LogP contribution in [0.25, 0.3) is 6.08 Å². The summed E-state index contributed by atoms with van der Waals surface area (Å²) in [5.74, 6) is 0.663. The lowest BCUT2D eigenvalue weighted by atomic mass is 10.1. The van der Waals surface area contributed by atoms with Crippen molar-refractivity contribution in [2.45, 2.75) is 6.61 Å². The second-order valence-corrected chi connectivity index (χ2v) is 5.35. The van der Waals surface area contributed by atoms with Crippen LogP contribution in [0.3, 0.4) is 0 Å². The van der Waals surface area contributed by atoms with Gasteiger partial charge in [-0.3, -0.25) is 4.79 Å². The van der Waals surface area contributed by atoms with Crippen molar-refractivity contribution in [3.63, 3.8) is 0 Å². The van der Waals surface area contributed by atoms with E-state index in [0.717, 1.165) is 5.56 Å². The second-order valence-electron chi connectivity index (χ2n) is 5.35. The summed E-state index contributed by atoms with van der Waals surface area (Å²) in [7, 11) is 1.56. The van der Waals surface area contributed by atoms with E-state index in [4.69, 9.17) is 9.47 Å². The van der Waals surface area contributed by atoms with Gasteiger partial charge in [-0.2, -0.15) is 5.26 Å². The SMILES string of the molecule is C=CCNC(=O)/C(C#N)=C\c1ccc(OC)c(OCc2ccccc2)c1. The van der Waals surface area contributed by atoms with Gasteiger partial charge in [-0.1, -0.05) is 42.5 Å². The Labute approximate surface area is 153 Å². The molecule has 0 saturated carbocycles. The predicted molar refractivity (Wildman–Crippen MR) is 101 cm³/mol. The number of nitrogens with zero attached hydrogens (tertiary/aromatic N) is 1. The molecule has 2 aromatic rings. The minimum Gasteiger partial charge on any atom is -0.493 e. The van der Waals surface area contributed by atoms with Gasteiger partial charge in [0.2, 0.25) is 0 Å². The normalized spacial score (nSPS) is 10.5. The number of nitriles is 1. The molecule has 5 heteroatoms. The summed E-state index contributed by atoms with van der Waals surface area (Å²) >= 11 is 0. The minimum absolute atomic E-state index is 0.00558. The first kappa shape index (κ1) is 18.8. The maximum Gasteiger partial charge on any atom is 0.262 e. The Morgan fingerprint density at radius 1 is 1.23 bits per heavy atom. The number of methoxy groups -OCH3 is 1. The number of carbonyl (C=O) groups excluding carboxylic acids is 1. The zero-order chi connectivity index (χ0) is 18.8. The molecule has 1 N–H and O–H groups in total. The molecule has 0 aliphatic rings. The van der Waals surface area contributed by atoms with Crippen LogP contribution < -0.4 is 14.8 Å². The van der Waals surface area contributed by atoms with Crippen LogP contribution >= 0.6 is 0 Å². The average Bonchev–Trinajstić information content (AvgIpc) is 2.69. The molecule has 0 aliphatic heterocycles. The fourth-order valence-corrected chi connectivity index (χ4v) is 2.21. The zero-order valence-corrected chi connectivity index (χ0v) is 14.6. The van der Waals surface area contributed by atoms with Gasteiger partial charge in [0, 0.05) is 6.54 Å². The average molecular weight is 348 g/mol. The molecule has 26 heavy (non-hydrogen) atoms. The lowest BCUT2D eigenvalue weighted by molar-refractivity contribution is -0.116. The van der Waals surface area contributed by atoms with Crippen molar-refractivity contribution in [1.82, 2.24) is 5.32 Å². The fraction of sp³-hybridized carbons (Fsp3) is 0.143. The van der Waals surface area contributed by atoms with Crippen LogP contribution in [0.4, 0.5) is 0 Å². The van der Waals surface area contributed by atoms with Gasteiger partial charge < -0.3 is 14.8 Å². The summed E-state index contributed by atoms with van der Waals surface area (Å²) < 4.78 is 11.2. The van der Waals surface area contributed by atoms with Crippen LogP contribution in [0.2, 0.25) is 0 Å². The van der Waals surface area contributed by atoms with Crippen LogP contribution in [0.5, 0.6) is 11.5 Å². The predicted octanol–water partition coefficient (Wildman–Crippen LogP) is 3.48. The van der Waals surface area contributed by atoms with E-state index in [1.54, 1.807) is 31.4 Å². The summed E-state index contributed by atoms with van der Waals surface area (Å²) in [4.78, 5) is 12.0. The number of benzene rings is 2. The molecule has 132 valence electrons. The molecule has 0 unspecified atom stereocenters. The molecule has 0 atom stereocenters. The highest BCUT2D eigenvalue weighted by atomic mass is 16.5. The number of amides is 1. The first-order chi connectivity index (χ1) is 12.7. The Kier molecular flexibility index (Phi) is 7.02.